The van der Waals surface area contributed by atoms with E-state index in [1.54, 1.807) is 0 Å². The van der Waals surface area contributed by atoms with Crippen LogP contribution in [0, 0.1) is 40.4 Å². The average molecular weight is 431 g/mol. The van der Waals surface area contributed by atoms with Crippen molar-refractivity contribution in [1.82, 2.24) is 0 Å². The van der Waals surface area contributed by atoms with Crippen LogP contribution in [-0.4, -0.2) is 40.4 Å². The zero-order valence-corrected chi connectivity index (χ0v) is 19.9. The van der Waals surface area contributed by atoms with E-state index >= 15 is 0 Å². The van der Waals surface area contributed by atoms with E-state index < -0.39 is 11.4 Å². The second kappa shape index (κ2) is 6.58. The molecule has 3 saturated carbocycles. The Morgan fingerprint density at radius 2 is 1.84 bits per heavy atom. The number of aliphatic hydroxyl groups excluding tert-OH is 1. The third-order valence-corrected chi connectivity index (χ3v) is 11.6. The van der Waals surface area contributed by atoms with Gasteiger partial charge in [0.1, 0.15) is 5.60 Å². The molecule has 4 aliphatic carbocycles. The molecule has 2 saturated heterocycles. The van der Waals surface area contributed by atoms with Crippen molar-refractivity contribution in [3.05, 3.63) is 11.6 Å². The van der Waals surface area contributed by atoms with Gasteiger partial charge in [0.2, 0.25) is 0 Å². The normalized spacial score (nSPS) is 60.7. The zero-order valence-electron chi connectivity index (χ0n) is 19.9. The minimum Gasteiger partial charge on any atom is -0.393 e. The Morgan fingerprint density at radius 1 is 1.03 bits per heavy atom. The van der Waals surface area contributed by atoms with Crippen molar-refractivity contribution >= 4 is 0 Å². The molecule has 2 aliphatic heterocycles. The number of fused-ring (bicyclic) bond motifs is 7. The van der Waals surface area contributed by atoms with Crippen molar-refractivity contribution in [2.24, 2.45) is 40.4 Å². The first kappa shape index (κ1) is 21.1. The molecule has 11 atom stereocenters. The number of hydrogen-bond acceptors (Lipinski definition) is 4. The maximum absolute atomic E-state index is 12.4. The predicted octanol–water partition coefficient (Wildman–Crippen LogP) is 4.83. The summed E-state index contributed by atoms with van der Waals surface area (Å²) in [5.41, 5.74) is 0.849. The van der Waals surface area contributed by atoms with Gasteiger partial charge in [0, 0.05) is 17.8 Å². The lowest BCUT2D eigenvalue weighted by Gasteiger charge is -2.59. The molecule has 0 amide bonds. The van der Waals surface area contributed by atoms with Gasteiger partial charge in [-0.1, -0.05) is 39.3 Å². The Hall–Kier alpha value is -0.420. The molecule has 174 valence electrons. The lowest BCUT2D eigenvalue weighted by atomic mass is 9.46. The number of aliphatic hydroxyl groups is 2. The van der Waals surface area contributed by atoms with Crippen LogP contribution in [0.1, 0.15) is 85.5 Å². The molecule has 0 aromatic heterocycles. The van der Waals surface area contributed by atoms with Gasteiger partial charge < -0.3 is 19.7 Å². The fourth-order valence-electron chi connectivity index (χ4n) is 9.58. The number of allylic oxidation sites excluding steroid dienone is 1. The number of rotatable bonds is 0. The molecule has 6 rings (SSSR count). The summed E-state index contributed by atoms with van der Waals surface area (Å²) in [6, 6.07) is 0. The van der Waals surface area contributed by atoms with Crippen molar-refractivity contribution in [3.63, 3.8) is 0 Å². The van der Waals surface area contributed by atoms with Crippen molar-refractivity contribution in [2.75, 3.05) is 6.61 Å². The Morgan fingerprint density at radius 3 is 2.58 bits per heavy atom. The molecule has 0 radical (unpaired) electrons. The maximum atomic E-state index is 12.4. The maximum Gasteiger partial charge on any atom is 0.174 e. The summed E-state index contributed by atoms with van der Waals surface area (Å²) < 4.78 is 13.1. The van der Waals surface area contributed by atoms with Crippen molar-refractivity contribution in [2.45, 2.75) is 109 Å². The predicted molar refractivity (Wildman–Crippen MR) is 119 cm³/mol. The smallest absolute Gasteiger partial charge is 0.174 e. The summed E-state index contributed by atoms with van der Waals surface area (Å²) >= 11 is 0. The van der Waals surface area contributed by atoms with Gasteiger partial charge in [-0.2, -0.15) is 0 Å². The van der Waals surface area contributed by atoms with Crippen molar-refractivity contribution in [1.29, 1.82) is 0 Å². The average Bonchev–Trinajstić information content (AvgIpc) is 3.09. The SMILES string of the molecule is C[C@@H]1CC[C@@]2(OC1)OC1CC3C4CC=C5C[C@@H](O)CC[C@]5(C)C4CC[C@]3(C)[C@@]1(O)[C@@H]2C. The Kier molecular flexibility index (Phi) is 4.49. The monoisotopic (exact) mass is 430 g/mol. The summed E-state index contributed by atoms with van der Waals surface area (Å²) in [6.07, 6.45) is 11.5. The third-order valence-electron chi connectivity index (χ3n) is 11.6. The quantitative estimate of drug-likeness (QED) is 0.541. The minimum atomic E-state index is -0.795. The second-order valence-electron chi connectivity index (χ2n) is 12.8. The van der Waals surface area contributed by atoms with E-state index in [-0.39, 0.29) is 29.0 Å². The van der Waals surface area contributed by atoms with Crippen molar-refractivity contribution in [3.8, 4) is 0 Å². The van der Waals surface area contributed by atoms with Gasteiger partial charge in [-0.25, -0.2) is 0 Å². The first-order valence-electron chi connectivity index (χ1n) is 13.1. The molecule has 0 aromatic rings. The van der Waals surface area contributed by atoms with Crippen LogP contribution in [0.15, 0.2) is 11.6 Å². The summed E-state index contributed by atoms with van der Waals surface area (Å²) in [5, 5.41) is 22.7. The molecule has 4 nitrogen and oxygen atoms in total. The molecule has 6 aliphatic rings. The Labute approximate surface area is 187 Å². The highest BCUT2D eigenvalue weighted by Gasteiger charge is 2.76. The highest BCUT2D eigenvalue weighted by Crippen LogP contribution is 2.72. The van der Waals surface area contributed by atoms with Crippen LogP contribution in [0.5, 0.6) is 0 Å². The van der Waals surface area contributed by atoms with E-state index in [0.717, 1.165) is 58.0 Å². The van der Waals surface area contributed by atoms with Crippen LogP contribution in [0.25, 0.3) is 0 Å². The van der Waals surface area contributed by atoms with E-state index in [4.69, 9.17) is 9.47 Å². The largest absolute Gasteiger partial charge is 0.393 e. The molecule has 0 bridgehead atoms. The van der Waals surface area contributed by atoms with Crippen LogP contribution in [0.4, 0.5) is 0 Å². The van der Waals surface area contributed by atoms with Crippen molar-refractivity contribution < 1.29 is 19.7 Å². The number of ether oxygens (including phenoxy) is 2. The molecule has 5 fully saturated rings. The number of hydrogen-bond donors (Lipinski definition) is 2. The fourth-order valence-corrected chi connectivity index (χ4v) is 9.58. The third kappa shape index (κ3) is 2.52. The van der Waals surface area contributed by atoms with Gasteiger partial charge in [-0.05, 0) is 80.5 Å². The van der Waals surface area contributed by atoms with E-state index in [0.29, 0.717) is 23.7 Å². The van der Waals surface area contributed by atoms with Gasteiger partial charge in [-0.15, -0.1) is 0 Å². The van der Waals surface area contributed by atoms with Crippen LogP contribution in [-0.2, 0) is 9.47 Å². The topological polar surface area (TPSA) is 58.9 Å². The van der Waals surface area contributed by atoms with Crippen LogP contribution < -0.4 is 0 Å². The van der Waals surface area contributed by atoms with E-state index in [2.05, 4.69) is 33.8 Å². The standard InChI is InChI=1S/C27H42O4/c1-16-7-12-26(30-15-16)17(2)27(29)23(31-26)14-22-20-6-5-18-13-19(28)8-10-24(18,3)21(20)9-11-25(22,27)4/h5,16-17,19-23,28-29H,6-15H2,1-4H3/t16-,17-,19+,20?,21?,22?,23?,24+,25+,26-,27-/m1/s1. The summed E-state index contributed by atoms with van der Waals surface area (Å²) in [4.78, 5) is 0. The summed E-state index contributed by atoms with van der Waals surface area (Å²) in [7, 11) is 0. The minimum absolute atomic E-state index is 0.0131. The molecule has 1 spiro atoms. The van der Waals surface area contributed by atoms with Gasteiger partial charge >= 0.3 is 0 Å². The summed E-state index contributed by atoms with van der Waals surface area (Å²) in [5.74, 6) is 1.81. The highest BCUT2D eigenvalue weighted by atomic mass is 16.7. The zero-order chi connectivity index (χ0) is 21.8. The van der Waals surface area contributed by atoms with Gasteiger partial charge in [0.25, 0.3) is 0 Å². The lowest BCUT2D eigenvalue weighted by molar-refractivity contribution is -0.274. The molecule has 2 heterocycles. The summed E-state index contributed by atoms with van der Waals surface area (Å²) in [6.45, 7) is 10.1. The van der Waals surface area contributed by atoms with E-state index in [9.17, 15) is 10.2 Å². The van der Waals surface area contributed by atoms with Gasteiger partial charge in [0.15, 0.2) is 5.79 Å². The van der Waals surface area contributed by atoms with Crippen LogP contribution in [0.3, 0.4) is 0 Å². The molecule has 31 heavy (non-hydrogen) atoms. The van der Waals surface area contributed by atoms with Crippen LogP contribution in [0.2, 0.25) is 0 Å². The van der Waals surface area contributed by atoms with Gasteiger partial charge in [-0.3, -0.25) is 0 Å². The molecular formula is C27H42O4. The van der Waals surface area contributed by atoms with E-state index in [1.807, 2.05) is 0 Å². The van der Waals surface area contributed by atoms with Gasteiger partial charge in [0.05, 0.1) is 18.8 Å². The van der Waals surface area contributed by atoms with E-state index in [1.165, 1.54) is 12.0 Å². The first-order valence-corrected chi connectivity index (χ1v) is 13.1. The molecule has 2 N–H and O–H groups in total. The van der Waals surface area contributed by atoms with Crippen LogP contribution >= 0.6 is 0 Å². The molecule has 4 heteroatoms. The fraction of sp³-hybridized carbons (Fsp3) is 0.926. The Bertz CT molecular complexity index is 784. The Balaban J connectivity index is 1.32. The molecule has 0 aromatic carbocycles. The first-order chi connectivity index (χ1) is 14.6. The molecule has 4 unspecified atom stereocenters. The second-order valence-corrected chi connectivity index (χ2v) is 12.8. The highest BCUT2D eigenvalue weighted by molar-refractivity contribution is 5.28. The molecular weight excluding hydrogens is 388 g/mol. The lowest BCUT2D eigenvalue weighted by Crippen LogP contribution is -2.59.